The van der Waals surface area contributed by atoms with E-state index >= 15 is 0 Å². The van der Waals surface area contributed by atoms with Crippen LogP contribution < -0.4 is 15.8 Å². The molecular formula is C15H19F3N2O3. The van der Waals surface area contributed by atoms with E-state index in [1.165, 1.54) is 19.2 Å². The molecule has 0 saturated carbocycles. The normalized spacial score (nSPS) is 17.6. The minimum atomic E-state index is -4.53. The van der Waals surface area contributed by atoms with E-state index in [1.807, 2.05) is 0 Å². The van der Waals surface area contributed by atoms with Gasteiger partial charge in [-0.25, -0.2) is 0 Å². The van der Waals surface area contributed by atoms with Gasteiger partial charge in [0.2, 0.25) is 5.91 Å². The molecule has 8 heteroatoms. The number of methoxy groups -OCH3 is 1. The van der Waals surface area contributed by atoms with E-state index in [9.17, 15) is 18.0 Å². The zero-order chi connectivity index (χ0) is 17.1. The number of nitrogens with two attached hydrogens (primary N) is 1. The molecule has 0 unspecified atom stereocenters. The molecule has 1 aromatic carbocycles. The molecule has 23 heavy (non-hydrogen) atoms. The van der Waals surface area contributed by atoms with E-state index in [-0.39, 0.29) is 17.9 Å². The first-order valence-corrected chi connectivity index (χ1v) is 7.15. The smallest absolute Gasteiger partial charge is 0.416 e. The van der Waals surface area contributed by atoms with Crippen LogP contribution >= 0.6 is 0 Å². The molecule has 0 aromatic heterocycles. The molecule has 1 amide bonds. The van der Waals surface area contributed by atoms with Crippen LogP contribution in [0, 0.1) is 0 Å². The molecule has 1 fully saturated rings. The maximum Gasteiger partial charge on any atom is 0.416 e. The summed E-state index contributed by atoms with van der Waals surface area (Å²) in [5.41, 5.74) is 4.03. The monoisotopic (exact) mass is 332 g/mol. The summed E-state index contributed by atoms with van der Waals surface area (Å²) in [6.07, 6.45) is -3.85. The Morgan fingerprint density at radius 3 is 2.61 bits per heavy atom. The average Bonchev–Trinajstić information content (AvgIpc) is 2.52. The largest absolute Gasteiger partial charge is 0.497 e. The van der Waals surface area contributed by atoms with Crippen LogP contribution in [-0.4, -0.2) is 31.8 Å². The van der Waals surface area contributed by atoms with Gasteiger partial charge in [0.1, 0.15) is 5.75 Å². The zero-order valence-corrected chi connectivity index (χ0v) is 12.7. The van der Waals surface area contributed by atoms with Crippen LogP contribution in [0.15, 0.2) is 18.2 Å². The first-order valence-electron chi connectivity index (χ1n) is 7.15. The highest BCUT2D eigenvalue weighted by molar-refractivity contribution is 5.86. The molecule has 1 aliphatic heterocycles. The van der Waals surface area contributed by atoms with Crippen molar-refractivity contribution in [1.82, 2.24) is 5.32 Å². The van der Waals surface area contributed by atoms with Crippen LogP contribution in [0.3, 0.4) is 0 Å². The number of carbonyl (C=O) groups is 1. The van der Waals surface area contributed by atoms with Crippen molar-refractivity contribution < 1.29 is 27.4 Å². The number of amides is 1. The molecule has 1 heterocycles. The van der Waals surface area contributed by atoms with Crippen LogP contribution in [0.2, 0.25) is 0 Å². The van der Waals surface area contributed by atoms with Crippen molar-refractivity contribution in [3.8, 4) is 5.75 Å². The summed E-state index contributed by atoms with van der Waals surface area (Å²) >= 11 is 0. The highest BCUT2D eigenvalue weighted by Crippen LogP contribution is 2.34. The third kappa shape index (κ3) is 4.14. The van der Waals surface area contributed by atoms with E-state index in [0.29, 0.717) is 26.1 Å². The standard InChI is InChI=1S/C15H19F3N2O3/c1-22-11-3-2-10(12(8-11)15(16,17)18)9-20-13(21)14(19)4-6-23-7-5-14/h2-3,8H,4-7,9,19H2,1H3,(H,20,21). The summed E-state index contributed by atoms with van der Waals surface area (Å²) < 4.78 is 49.3. The van der Waals surface area contributed by atoms with Crippen LogP contribution in [0.4, 0.5) is 13.2 Å². The quantitative estimate of drug-likeness (QED) is 0.882. The third-order valence-electron chi connectivity index (χ3n) is 3.90. The third-order valence-corrected chi connectivity index (χ3v) is 3.90. The topological polar surface area (TPSA) is 73.6 Å². The van der Waals surface area contributed by atoms with Crippen molar-refractivity contribution in [2.24, 2.45) is 5.73 Å². The van der Waals surface area contributed by atoms with Gasteiger partial charge in [-0.05, 0) is 30.5 Å². The number of nitrogens with one attached hydrogen (secondary N) is 1. The van der Waals surface area contributed by atoms with Crippen molar-refractivity contribution >= 4 is 5.91 Å². The number of hydrogen-bond acceptors (Lipinski definition) is 4. The molecule has 0 bridgehead atoms. The van der Waals surface area contributed by atoms with Gasteiger partial charge in [-0.3, -0.25) is 4.79 Å². The van der Waals surface area contributed by atoms with E-state index in [0.717, 1.165) is 6.07 Å². The van der Waals surface area contributed by atoms with E-state index in [1.54, 1.807) is 0 Å². The van der Waals surface area contributed by atoms with E-state index < -0.39 is 23.2 Å². The van der Waals surface area contributed by atoms with E-state index in [4.69, 9.17) is 15.2 Å². The van der Waals surface area contributed by atoms with Gasteiger partial charge in [0.15, 0.2) is 0 Å². The fraction of sp³-hybridized carbons (Fsp3) is 0.533. The predicted octanol–water partition coefficient (Wildman–Crippen LogP) is 1.84. The summed E-state index contributed by atoms with van der Waals surface area (Å²) in [5, 5.41) is 2.50. The number of halogens is 3. The number of rotatable bonds is 4. The number of carbonyl (C=O) groups excluding carboxylic acids is 1. The molecule has 128 valence electrons. The van der Waals surface area contributed by atoms with Gasteiger partial charge in [-0.2, -0.15) is 13.2 Å². The molecule has 1 aromatic rings. The molecule has 1 aliphatic rings. The Hall–Kier alpha value is -1.80. The van der Waals surface area contributed by atoms with Crippen molar-refractivity contribution in [1.29, 1.82) is 0 Å². The van der Waals surface area contributed by atoms with Crippen LogP contribution in [0.1, 0.15) is 24.0 Å². The highest BCUT2D eigenvalue weighted by Gasteiger charge is 2.37. The highest BCUT2D eigenvalue weighted by atomic mass is 19.4. The van der Waals surface area contributed by atoms with Gasteiger partial charge in [-0.1, -0.05) is 6.07 Å². The number of benzene rings is 1. The molecular weight excluding hydrogens is 313 g/mol. The predicted molar refractivity (Wildman–Crippen MR) is 76.8 cm³/mol. The van der Waals surface area contributed by atoms with Gasteiger partial charge in [0.25, 0.3) is 0 Å². The van der Waals surface area contributed by atoms with Crippen molar-refractivity contribution in [3.05, 3.63) is 29.3 Å². The Morgan fingerprint density at radius 1 is 1.39 bits per heavy atom. The van der Waals surface area contributed by atoms with E-state index in [2.05, 4.69) is 5.32 Å². The summed E-state index contributed by atoms with van der Waals surface area (Å²) in [6.45, 7) is 0.470. The Labute approximate surface area is 131 Å². The average molecular weight is 332 g/mol. The summed E-state index contributed by atoms with van der Waals surface area (Å²) in [4.78, 5) is 12.2. The van der Waals surface area contributed by atoms with Gasteiger partial charge in [0, 0.05) is 19.8 Å². The Morgan fingerprint density at radius 2 is 2.04 bits per heavy atom. The second-order valence-electron chi connectivity index (χ2n) is 5.47. The maximum atomic E-state index is 13.1. The SMILES string of the molecule is COc1ccc(CNC(=O)C2(N)CCOCC2)c(C(F)(F)F)c1. The summed E-state index contributed by atoms with van der Waals surface area (Å²) in [5.74, 6) is -0.364. The first-order chi connectivity index (χ1) is 10.8. The minimum absolute atomic E-state index is 0.0395. The van der Waals surface area contributed by atoms with Crippen LogP contribution in [0.25, 0.3) is 0 Å². The molecule has 5 nitrogen and oxygen atoms in total. The molecule has 1 saturated heterocycles. The fourth-order valence-corrected chi connectivity index (χ4v) is 2.41. The summed E-state index contributed by atoms with van der Waals surface area (Å²) in [7, 11) is 1.29. The Balaban J connectivity index is 2.12. The van der Waals surface area contributed by atoms with Crippen LogP contribution in [-0.2, 0) is 22.3 Å². The second kappa shape index (κ2) is 6.76. The fourth-order valence-electron chi connectivity index (χ4n) is 2.41. The molecule has 2 rings (SSSR count). The van der Waals surface area contributed by atoms with Gasteiger partial charge in [-0.15, -0.1) is 0 Å². The van der Waals surface area contributed by atoms with Gasteiger partial charge < -0.3 is 20.5 Å². The first kappa shape index (κ1) is 17.6. The minimum Gasteiger partial charge on any atom is -0.497 e. The van der Waals surface area contributed by atoms with Crippen molar-refractivity contribution in [2.45, 2.75) is 31.1 Å². The lowest BCUT2D eigenvalue weighted by Crippen LogP contribution is -2.56. The lowest BCUT2D eigenvalue weighted by atomic mass is 9.90. The second-order valence-corrected chi connectivity index (χ2v) is 5.47. The number of hydrogen-bond donors (Lipinski definition) is 2. The number of alkyl halides is 3. The van der Waals surface area contributed by atoms with Crippen molar-refractivity contribution in [3.63, 3.8) is 0 Å². The number of ether oxygens (including phenoxy) is 2. The molecule has 0 aliphatic carbocycles. The molecule has 0 spiro atoms. The van der Waals surface area contributed by atoms with Crippen LogP contribution in [0.5, 0.6) is 5.75 Å². The lowest BCUT2D eigenvalue weighted by Gasteiger charge is -2.31. The zero-order valence-electron chi connectivity index (χ0n) is 12.7. The Bertz CT molecular complexity index is 570. The van der Waals surface area contributed by atoms with Gasteiger partial charge in [0.05, 0.1) is 18.2 Å². The molecule has 3 N–H and O–H groups in total. The summed E-state index contributed by atoms with van der Waals surface area (Å²) in [6, 6.07) is 3.62. The lowest BCUT2D eigenvalue weighted by molar-refractivity contribution is -0.139. The maximum absolute atomic E-state index is 13.1. The van der Waals surface area contributed by atoms with Gasteiger partial charge >= 0.3 is 6.18 Å². The Kier molecular flexibility index (Phi) is 5.16. The molecule has 0 radical (unpaired) electrons. The molecule has 0 atom stereocenters. The van der Waals surface area contributed by atoms with Crippen molar-refractivity contribution in [2.75, 3.05) is 20.3 Å².